The predicted molar refractivity (Wildman–Crippen MR) is 77.7 cm³/mol. The average molecular weight is 273 g/mol. The van der Waals surface area contributed by atoms with Crippen molar-refractivity contribution in [2.24, 2.45) is 0 Å². The number of benzene rings is 2. The molecule has 2 rings (SSSR count). The molecule has 2 nitrogen and oxygen atoms in total. The van der Waals surface area contributed by atoms with Crippen LogP contribution in [0.2, 0.25) is 5.02 Å². The number of aryl methyl sites for hydroxylation is 1. The van der Waals surface area contributed by atoms with Gasteiger partial charge in [0, 0.05) is 5.02 Å². The number of allylic oxidation sites excluding steroid dienone is 1. The number of carbonyl (C=O) groups is 1. The topological polar surface area (TPSA) is 37.3 Å². The number of carbonyl (C=O) groups excluding carboxylic acids is 1. The van der Waals surface area contributed by atoms with Crippen molar-refractivity contribution in [3.63, 3.8) is 0 Å². The maximum atomic E-state index is 11.9. The number of ketones is 1. The molecule has 0 amide bonds. The molecule has 3 heteroatoms. The van der Waals surface area contributed by atoms with E-state index in [1.165, 1.54) is 23.8 Å². The van der Waals surface area contributed by atoms with Crippen LogP contribution in [0.15, 0.2) is 48.5 Å². The number of phenolic OH excluding ortho intramolecular Hbond substituents is 1. The largest absolute Gasteiger partial charge is 0.507 e. The molecular formula is C16H13ClO2. The van der Waals surface area contributed by atoms with Crippen molar-refractivity contribution in [2.75, 3.05) is 0 Å². The second kappa shape index (κ2) is 5.72. The molecule has 0 radical (unpaired) electrons. The molecule has 0 aromatic heterocycles. The van der Waals surface area contributed by atoms with Crippen molar-refractivity contribution < 1.29 is 9.90 Å². The van der Waals surface area contributed by atoms with Crippen molar-refractivity contribution in [3.05, 3.63) is 70.3 Å². The zero-order chi connectivity index (χ0) is 13.8. The minimum Gasteiger partial charge on any atom is -0.507 e. The molecule has 0 atom stereocenters. The maximum Gasteiger partial charge on any atom is 0.189 e. The number of hydrogen-bond donors (Lipinski definition) is 1. The lowest BCUT2D eigenvalue weighted by Crippen LogP contribution is -1.94. The summed E-state index contributed by atoms with van der Waals surface area (Å²) < 4.78 is 0. The monoisotopic (exact) mass is 272 g/mol. The molecule has 0 aliphatic carbocycles. The number of phenols is 1. The minimum atomic E-state index is -0.255. The standard InChI is InChI=1S/C16H13ClO2/c1-11-2-4-12(5-3-11)6-9-15(18)14-8-7-13(17)10-16(14)19/h2-10,19H,1H3. The van der Waals surface area contributed by atoms with Gasteiger partial charge in [-0.25, -0.2) is 0 Å². The molecule has 96 valence electrons. The van der Waals surface area contributed by atoms with E-state index in [4.69, 9.17) is 11.6 Å². The number of halogens is 1. The van der Waals surface area contributed by atoms with Crippen LogP contribution in [0.4, 0.5) is 0 Å². The quantitative estimate of drug-likeness (QED) is 0.670. The van der Waals surface area contributed by atoms with Gasteiger partial charge in [0.2, 0.25) is 0 Å². The minimum absolute atomic E-state index is 0.106. The Kier molecular flexibility index (Phi) is 4.03. The highest BCUT2D eigenvalue weighted by Crippen LogP contribution is 2.22. The first-order valence-corrected chi connectivity index (χ1v) is 6.21. The number of aromatic hydroxyl groups is 1. The first-order chi connectivity index (χ1) is 9.06. The van der Waals surface area contributed by atoms with E-state index < -0.39 is 0 Å². The Morgan fingerprint density at radius 1 is 1.16 bits per heavy atom. The van der Waals surface area contributed by atoms with Gasteiger partial charge in [-0.2, -0.15) is 0 Å². The summed E-state index contributed by atoms with van der Waals surface area (Å²) in [6.45, 7) is 2.00. The Balaban J connectivity index is 2.18. The average Bonchev–Trinajstić information content (AvgIpc) is 2.37. The molecule has 0 fully saturated rings. The van der Waals surface area contributed by atoms with E-state index in [1.54, 1.807) is 12.1 Å². The van der Waals surface area contributed by atoms with Gasteiger partial charge in [-0.1, -0.05) is 47.5 Å². The van der Waals surface area contributed by atoms with Crippen LogP contribution >= 0.6 is 11.6 Å². The summed E-state index contributed by atoms with van der Waals surface area (Å²) >= 11 is 5.72. The van der Waals surface area contributed by atoms with Crippen LogP contribution in [0.5, 0.6) is 5.75 Å². The van der Waals surface area contributed by atoms with E-state index in [0.717, 1.165) is 5.56 Å². The van der Waals surface area contributed by atoms with Gasteiger partial charge in [-0.3, -0.25) is 4.79 Å². The molecule has 0 saturated heterocycles. The Bertz CT molecular complexity index is 628. The zero-order valence-electron chi connectivity index (χ0n) is 10.4. The Morgan fingerprint density at radius 3 is 2.47 bits per heavy atom. The Hall–Kier alpha value is -2.06. The maximum absolute atomic E-state index is 11.9. The lowest BCUT2D eigenvalue weighted by atomic mass is 10.1. The van der Waals surface area contributed by atoms with E-state index in [9.17, 15) is 9.90 Å². The van der Waals surface area contributed by atoms with Crippen LogP contribution in [0, 0.1) is 6.92 Å². The van der Waals surface area contributed by atoms with Crippen LogP contribution in [-0.4, -0.2) is 10.9 Å². The zero-order valence-corrected chi connectivity index (χ0v) is 11.2. The van der Waals surface area contributed by atoms with Crippen LogP contribution in [0.3, 0.4) is 0 Å². The fourth-order valence-electron chi connectivity index (χ4n) is 1.65. The summed E-state index contributed by atoms with van der Waals surface area (Å²) in [5.74, 6) is -0.360. The molecule has 2 aromatic rings. The molecule has 0 unspecified atom stereocenters. The first kappa shape index (κ1) is 13.4. The fourth-order valence-corrected chi connectivity index (χ4v) is 1.82. The van der Waals surface area contributed by atoms with Gasteiger partial charge in [-0.05, 0) is 36.8 Å². The van der Waals surface area contributed by atoms with Crippen molar-refractivity contribution in [1.82, 2.24) is 0 Å². The lowest BCUT2D eigenvalue weighted by molar-refractivity contribution is 0.104. The first-order valence-electron chi connectivity index (χ1n) is 5.84. The fraction of sp³-hybridized carbons (Fsp3) is 0.0625. The van der Waals surface area contributed by atoms with Crippen molar-refractivity contribution in [3.8, 4) is 5.75 Å². The lowest BCUT2D eigenvalue weighted by Gasteiger charge is -2.00. The van der Waals surface area contributed by atoms with Crippen molar-refractivity contribution >= 4 is 23.5 Å². The van der Waals surface area contributed by atoms with Crippen LogP contribution in [0.25, 0.3) is 6.08 Å². The van der Waals surface area contributed by atoms with E-state index in [-0.39, 0.29) is 17.1 Å². The number of rotatable bonds is 3. The molecule has 0 aliphatic heterocycles. The summed E-state index contributed by atoms with van der Waals surface area (Å²) in [5.41, 5.74) is 2.35. The van der Waals surface area contributed by atoms with Crippen LogP contribution in [-0.2, 0) is 0 Å². The highest BCUT2D eigenvalue weighted by atomic mass is 35.5. The Morgan fingerprint density at radius 2 is 1.84 bits per heavy atom. The number of hydrogen-bond acceptors (Lipinski definition) is 2. The Labute approximate surface area is 117 Å². The molecule has 0 aliphatic rings. The van der Waals surface area contributed by atoms with Crippen molar-refractivity contribution in [1.29, 1.82) is 0 Å². The third kappa shape index (κ3) is 3.46. The summed E-state index contributed by atoms with van der Waals surface area (Å²) in [4.78, 5) is 11.9. The van der Waals surface area contributed by atoms with E-state index >= 15 is 0 Å². The third-order valence-electron chi connectivity index (χ3n) is 2.73. The van der Waals surface area contributed by atoms with Gasteiger partial charge in [0.05, 0.1) is 5.56 Å². The molecule has 19 heavy (non-hydrogen) atoms. The van der Waals surface area contributed by atoms with Crippen molar-refractivity contribution in [2.45, 2.75) is 6.92 Å². The molecule has 0 saturated carbocycles. The third-order valence-corrected chi connectivity index (χ3v) is 2.96. The summed E-state index contributed by atoms with van der Waals surface area (Å²) in [6, 6.07) is 12.3. The van der Waals surface area contributed by atoms with Gasteiger partial charge in [0.25, 0.3) is 0 Å². The van der Waals surface area contributed by atoms with Gasteiger partial charge in [0.15, 0.2) is 5.78 Å². The smallest absolute Gasteiger partial charge is 0.189 e. The SMILES string of the molecule is Cc1ccc(C=CC(=O)c2ccc(Cl)cc2O)cc1. The highest BCUT2D eigenvalue weighted by Gasteiger charge is 2.08. The highest BCUT2D eigenvalue weighted by molar-refractivity contribution is 6.31. The van der Waals surface area contributed by atoms with E-state index in [0.29, 0.717) is 5.02 Å². The molecule has 0 heterocycles. The van der Waals surface area contributed by atoms with Gasteiger partial charge < -0.3 is 5.11 Å². The van der Waals surface area contributed by atoms with E-state index in [1.807, 2.05) is 31.2 Å². The second-order valence-electron chi connectivity index (χ2n) is 4.27. The van der Waals surface area contributed by atoms with E-state index in [2.05, 4.69) is 0 Å². The predicted octanol–water partition coefficient (Wildman–Crippen LogP) is 4.25. The molecular weight excluding hydrogens is 260 g/mol. The summed E-state index contributed by atoms with van der Waals surface area (Å²) in [5, 5.41) is 10.1. The molecule has 2 aromatic carbocycles. The second-order valence-corrected chi connectivity index (χ2v) is 4.71. The molecule has 1 N–H and O–H groups in total. The molecule has 0 spiro atoms. The van der Waals surface area contributed by atoms with Gasteiger partial charge in [0.1, 0.15) is 5.75 Å². The summed E-state index contributed by atoms with van der Waals surface area (Å²) in [6.07, 6.45) is 3.16. The van der Waals surface area contributed by atoms with Crippen LogP contribution < -0.4 is 0 Å². The normalized spacial score (nSPS) is 10.8. The molecule has 0 bridgehead atoms. The van der Waals surface area contributed by atoms with Gasteiger partial charge in [-0.15, -0.1) is 0 Å². The summed E-state index contributed by atoms with van der Waals surface area (Å²) in [7, 11) is 0. The van der Waals surface area contributed by atoms with Gasteiger partial charge >= 0.3 is 0 Å². The van der Waals surface area contributed by atoms with Crippen LogP contribution in [0.1, 0.15) is 21.5 Å².